The van der Waals surface area contributed by atoms with Gasteiger partial charge in [-0.1, -0.05) is 0 Å². The highest BCUT2D eigenvalue weighted by molar-refractivity contribution is 5.94. The van der Waals surface area contributed by atoms with E-state index >= 15 is 0 Å². The Bertz CT molecular complexity index is 900. The number of hydrogen-bond acceptors (Lipinski definition) is 5. The van der Waals surface area contributed by atoms with Crippen LogP contribution in [0.3, 0.4) is 0 Å². The zero-order valence-electron chi connectivity index (χ0n) is 15.1. The van der Waals surface area contributed by atoms with E-state index in [-0.39, 0.29) is 29.4 Å². The van der Waals surface area contributed by atoms with Crippen molar-refractivity contribution in [2.75, 3.05) is 11.9 Å². The van der Waals surface area contributed by atoms with Crippen molar-refractivity contribution in [2.24, 2.45) is 0 Å². The summed E-state index contributed by atoms with van der Waals surface area (Å²) in [5.74, 6) is -0.551. The number of carbonyl (C=O) groups excluding carboxylic acids is 2. The van der Waals surface area contributed by atoms with E-state index in [0.29, 0.717) is 25.1 Å². The molecule has 1 aromatic carbocycles. The lowest BCUT2D eigenvalue weighted by molar-refractivity contribution is -0.385. The molecule has 10 heteroatoms. The Hall–Kier alpha value is -3.43. The summed E-state index contributed by atoms with van der Waals surface area (Å²) in [5, 5.41) is 16.1. The zero-order chi connectivity index (χ0) is 20.3. The van der Waals surface area contributed by atoms with Gasteiger partial charge in [-0.05, 0) is 38.0 Å². The van der Waals surface area contributed by atoms with Crippen LogP contribution in [0.2, 0.25) is 0 Å². The predicted octanol–water partition coefficient (Wildman–Crippen LogP) is 2.95. The minimum atomic E-state index is -0.783. The van der Waals surface area contributed by atoms with E-state index in [4.69, 9.17) is 4.42 Å². The van der Waals surface area contributed by atoms with Gasteiger partial charge in [0.2, 0.25) is 5.91 Å². The molecule has 0 bridgehead atoms. The Morgan fingerprint density at radius 3 is 2.89 bits per heavy atom. The number of hydrogen-bond donors (Lipinski definition) is 2. The summed E-state index contributed by atoms with van der Waals surface area (Å²) < 4.78 is 19.3. The molecule has 3 amide bonds. The first kappa shape index (κ1) is 19.3. The first-order valence-corrected chi connectivity index (χ1v) is 8.69. The number of aryl methyl sites for hydroxylation is 1. The Kier molecular flexibility index (Phi) is 5.57. The molecule has 0 aliphatic carbocycles. The third-order valence-electron chi connectivity index (χ3n) is 4.56. The maximum absolute atomic E-state index is 14.1. The summed E-state index contributed by atoms with van der Waals surface area (Å²) in [6, 6.07) is 3.99. The lowest BCUT2D eigenvalue weighted by atomic mass is 10.1. The molecule has 148 valence electrons. The molecule has 3 rings (SSSR count). The largest absolute Gasteiger partial charge is 0.467 e. The third-order valence-corrected chi connectivity index (χ3v) is 4.56. The maximum atomic E-state index is 14.1. The van der Waals surface area contributed by atoms with Crippen LogP contribution in [0, 0.1) is 22.9 Å². The summed E-state index contributed by atoms with van der Waals surface area (Å²) >= 11 is 0. The van der Waals surface area contributed by atoms with Crippen molar-refractivity contribution in [3.63, 3.8) is 0 Å². The number of urea groups is 1. The molecule has 1 atom stereocenters. The van der Waals surface area contributed by atoms with Gasteiger partial charge in [0.1, 0.15) is 17.6 Å². The van der Waals surface area contributed by atoms with Crippen molar-refractivity contribution in [1.29, 1.82) is 0 Å². The van der Waals surface area contributed by atoms with Crippen molar-refractivity contribution in [3.8, 4) is 0 Å². The number of anilines is 1. The summed E-state index contributed by atoms with van der Waals surface area (Å²) in [6.07, 6.45) is 2.57. The van der Waals surface area contributed by atoms with E-state index in [1.54, 1.807) is 12.1 Å². The molecular formula is C18H19FN4O5. The molecule has 28 heavy (non-hydrogen) atoms. The van der Waals surface area contributed by atoms with Gasteiger partial charge in [-0.15, -0.1) is 0 Å². The summed E-state index contributed by atoms with van der Waals surface area (Å²) in [7, 11) is 0. The average molecular weight is 390 g/mol. The fourth-order valence-electron chi connectivity index (χ4n) is 3.13. The van der Waals surface area contributed by atoms with Crippen LogP contribution >= 0.6 is 0 Å². The molecule has 2 N–H and O–H groups in total. The van der Waals surface area contributed by atoms with E-state index in [1.165, 1.54) is 18.1 Å². The SMILES string of the molecule is Cc1cc(F)c(NC(=O)N2CCCC2C(=O)NCc2ccco2)cc1[N+](=O)[O-]. The van der Waals surface area contributed by atoms with Gasteiger partial charge in [0.15, 0.2) is 0 Å². The van der Waals surface area contributed by atoms with Gasteiger partial charge in [-0.2, -0.15) is 0 Å². The molecule has 1 fully saturated rings. The summed E-state index contributed by atoms with van der Waals surface area (Å²) in [6.45, 7) is 1.92. The van der Waals surface area contributed by atoms with Gasteiger partial charge in [0.05, 0.1) is 23.4 Å². The molecule has 0 radical (unpaired) electrons. The van der Waals surface area contributed by atoms with Crippen LogP contribution in [0.25, 0.3) is 0 Å². The number of nitrogens with zero attached hydrogens (tertiary/aromatic N) is 2. The Morgan fingerprint density at radius 1 is 1.43 bits per heavy atom. The Balaban J connectivity index is 1.68. The van der Waals surface area contributed by atoms with Crippen LogP contribution in [0.5, 0.6) is 0 Å². The van der Waals surface area contributed by atoms with Crippen LogP contribution in [0.15, 0.2) is 34.9 Å². The van der Waals surface area contributed by atoms with Crippen molar-refractivity contribution in [3.05, 3.63) is 57.8 Å². The molecule has 2 heterocycles. The third kappa shape index (κ3) is 4.11. The van der Waals surface area contributed by atoms with Gasteiger partial charge in [-0.25, -0.2) is 9.18 Å². The highest BCUT2D eigenvalue weighted by Gasteiger charge is 2.34. The number of nitro groups is 1. The van der Waals surface area contributed by atoms with Crippen molar-refractivity contribution in [1.82, 2.24) is 10.2 Å². The highest BCUT2D eigenvalue weighted by atomic mass is 19.1. The quantitative estimate of drug-likeness (QED) is 0.601. The molecule has 0 spiro atoms. The van der Waals surface area contributed by atoms with Gasteiger partial charge in [0, 0.05) is 18.2 Å². The second-order valence-electron chi connectivity index (χ2n) is 6.45. The van der Waals surface area contributed by atoms with Crippen molar-refractivity contribution >= 4 is 23.3 Å². The first-order chi connectivity index (χ1) is 13.4. The molecule has 1 aliphatic heterocycles. The normalized spacial score (nSPS) is 16.1. The van der Waals surface area contributed by atoms with E-state index in [2.05, 4.69) is 10.6 Å². The number of nitro benzene ring substituents is 1. The van der Waals surface area contributed by atoms with Gasteiger partial charge in [-0.3, -0.25) is 14.9 Å². The second-order valence-corrected chi connectivity index (χ2v) is 6.45. The van der Waals surface area contributed by atoms with Crippen LogP contribution in [0.4, 0.5) is 20.6 Å². The predicted molar refractivity (Wildman–Crippen MR) is 97.1 cm³/mol. The van der Waals surface area contributed by atoms with E-state index in [9.17, 15) is 24.1 Å². The lowest BCUT2D eigenvalue weighted by Gasteiger charge is -2.24. The molecule has 1 unspecified atom stereocenters. The minimum Gasteiger partial charge on any atom is -0.467 e. The van der Waals surface area contributed by atoms with E-state index in [1.807, 2.05) is 0 Å². The van der Waals surface area contributed by atoms with Gasteiger partial charge in [0.25, 0.3) is 5.69 Å². The molecule has 0 saturated carbocycles. The molecule has 1 aliphatic rings. The number of rotatable bonds is 5. The summed E-state index contributed by atoms with van der Waals surface area (Å²) in [4.78, 5) is 36.7. The zero-order valence-corrected chi connectivity index (χ0v) is 15.1. The standard InChI is InChI=1S/C18H19FN4O5/c1-11-8-13(19)14(9-16(11)23(26)27)21-18(25)22-6-2-5-15(22)17(24)20-10-12-4-3-7-28-12/h3-4,7-9,15H,2,5-6,10H2,1H3,(H,20,24)(H,21,25). The van der Waals surface area contributed by atoms with Crippen molar-refractivity contribution in [2.45, 2.75) is 32.4 Å². The fourth-order valence-corrected chi connectivity index (χ4v) is 3.13. The van der Waals surface area contributed by atoms with Gasteiger partial charge >= 0.3 is 6.03 Å². The number of furan rings is 1. The highest BCUT2D eigenvalue weighted by Crippen LogP contribution is 2.27. The number of carbonyl (C=O) groups is 2. The Morgan fingerprint density at radius 2 is 2.21 bits per heavy atom. The van der Waals surface area contributed by atoms with Crippen molar-refractivity contribution < 1.29 is 23.3 Å². The maximum Gasteiger partial charge on any atom is 0.322 e. The topological polar surface area (TPSA) is 118 Å². The number of benzene rings is 1. The number of amides is 3. The molecule has 2 aromatic rings. The minimum absolute atomic E-state index is 0.150. The van der Waals surface area contributed by atoms with E-state index < -0.39 is 22.8 Å². The number of likely N-dealkylation sites (tertiary alicyclic amines) is 1. The molecule has 1 saturated heterocycles. The first-order valence-electron chi connectivity index (χ1n) is 8.69. The average Bonchev–Trinajstić information content (AvgIpc) is 3.33. The van der Waals surface area contributed by atoms with E-state index in [0.717, 1.165) is 12.1 Å². The van der Waals surface area contributed by atoms with Crippen LogP contribution in [-0.4, -0.2) is 34.3 Å². The van der Waals surface area contributed by atoms with Crippen LogP contribution in [-0.2, 0) is 11.3 Å². The Labute approximate surface area is 159 Å². The smallest absolute Gasteiger partial charge is 0.322 e. The monoisotopic (exact) mass is 390 g/mol. The number of halogens is 1. The van der Waals surface area contributed by atoms with Crippen LogP contribution in [0.1, 0.15) is 24.2 Å². The summed E-state index contributed by atoms with van der Waals surface area (Å²) in [5.41, 5.74) is -0.452. The van der Waals surface area contributed by atoms with Gasteiger partial charge < -0.3 is 20.0 Å². The second kappa shape index (κ2) is 8.07. The molecular weight excluding hydrogens is 371 g/mol. The lowest BCUT2D eigenvalue weighted by Crippen LogP contribution is -2.47. The number of nitrogens with one attached hydrogen (secondary N) is 2. The molecule has 9 nitrogen and oxygen atoms in total. The molecule has 1 aromatic heterocycles. The van der Waals surface area contributed by atoms with Crippen LogP contribution < -0.4 is 10.6 Å². The fraction of sp³-hybridized carbons (Fsp3) is 0.333.